The summed E-state index contributed by atoms with van der Waals surface area (Å²) >= 11 is 0. The highest BCUT2D eigenvalue weighted by Crippen LogP contribution is 2.24. The van der Waals surface area contributed by atoms with E-state index in [1.807, 2.05) is 30.3 Å². The van der Waals surface area contributed by atoms with Gasteiger partial charge in [-0.3, -0.25) is 9.59 Å². The van der Waals surface area contributed by atoms with Crippen LogP contribution in [0, 0.1) is 0 Å². The molecule has 2 aromatic carbocycles. The van der Waals surface area contributed by atoms with Crippen LogP contribution in [0.2, 0.25) is 0 Å². The summed E-state index contributed by atoms with van der Waals surface area (Å²) in [7, 11) is 0. The molecule has 3 rings (SSSR count). The first-order valence-electron chi connectivity index (χ1n) is 5.97. The molecule has 92 valence electrons. The zero-order valence-electron chi connectivity index (χ0n) is 10.1. The number of nitrogens with one attached hydrogen (secondary N) is 1. The first kappa shape index (κ1) is 11.4. The van der Waals surface area contributed by atoms with Crippen molar-refractivity contribution in [3.05, 3.63) is 77.4 Å². The highest BCUT2D eigenvalue weighted by molar-refractivity contribution is 6.15. The number of benzene rings is 2. The Bertz CT molecular complexity index is 687. The number of carbonyl (C=O) groups is 2. The number of amides is 1. The van der Waals surface area contributed by atoms with E-state index in [0.717, 1.165) is 5.56 Å². The molecule has 3 heteroatoms. The van der Waals surface area contributed by atoms with E-state index in [-0.39, 0.29) is 11.7 Å². The van der Waals surface area contributed by atoms with E-state index in [1.54, 1.807) is 24.3 Å². The average Bonchev–Trinajstić information content (AvgIpc) is 2.77. The molecule has 0 aliphatic carbocycles. The molecule has 0 spiro atoms. The van der Waals surface area contributed by atoms with Gasteiger partial charge in [0, 0.05) is 22.8 Å². The van der Waals surface area contributed by atoms with Gasteiger partial charge in [-0.05, 0) is 6.07 Å². The van der Waals surface area contributed by atoms with Crippen LogP contribution in [-0.2, 0) is 0 Å². The third-order valence-corrected chi connectivity index (χ3v) is 3.04. The van der Waals surface area contributed by atoms with Crippen molar-refractivity contribution in [2.45, 2.75) is 0 Å². The van der Waals surface area contributed by atoms with E-state index < -0.39 is 0 Å². The van der Waals surface area contributed by atoms with Crippen LogP contribution in [0.4, 0.5) is 0 Å². The Kier molecular flexibility index (Phi) is 2.72. The summed E-state index contributed by atoms with van der Waals surface area (Å²) in [4.78, 5) is 23.8. The van der Waals surface area contributed by atoms with E-state index in [4.69, 9.17) is 0 Å². The topological polar surface area (TPSA) is 46.2 Å². The van der Waals surface area contributed by atoms with E-state index in [1.165, 1.54) is 6.08 Å². The van der Waals surface area contributed by atoms with Crippen molar-refractivity contribution in [2.24, 2.45) is 0 Å². The number of rotatable bonds is 2. The van der Waals surface area contributed by atoms with Gasteiger partial charge in [0.15, 0.2) is 5.78 Å². The van der Waals surface area contributed by atoms with Gasteiger partial charge in [0.05, 0.1) is 5.70 Å². The molecular weight excluding hydrogens is 238 g/mol. The van der Waals surface area contributed by atoms with Crippen molar-refractivity contribution in [1.29, 1.82) is 0 Å². The zero-order chi connectivity index (χ0) is 13.2. The van der Waals surface area contributed by atoms with Crippen LogP contribution in [0.25, 0.3) is 5.70 Å². The predicted molar refractivity (Wildman–Crippen MR) is 72.7 cm³/mol. The highest BCUT2D eigenvalue weighted by Gasteiger charge is 2.23. The summed E-state index contributed by atoms with van der Waals surface area (Å²) in [6.07, 6.45) is 1.47. The quantitative estimate of drug-likeness (QED) is 0.657. The Morgan fingerprint density at radius 3 is 2.26 bits per heavy atom. The molecule has 1 N–H and O–H groups in total. The van der Waals surface area contributed by atoms with Crippen LogP contribution in [0.5, 0.6) is 0 Å². The molecule has 0 unspecified atom stereocenters. The Labute approximate surface area is 110 Å². The Morgan fingerprint density at radius 1 is 0.895 bits per heavy atom. The van der Waals surface area contributed by atoms with E-state index in [9.17, 15) is 9.59 Å². The van der Waals surface area contributed by atoms with Gasteiger partial charge in [0.1, 0.15) is 0 Å². The van der Waals surface area contributed by atoms with Crippen LogP contribution in [-0.4, -0.2) is 11.7 Å². The van der Waals surface area contributed by atoms with Crippen molar-refractivity contribution in [3.8, 4) is 0 Å². The number of allylic oxidation sites excluding steroid dienone is 1. The molecule has 19 heavy (non-hydrogen) atoms. The summed E-state index contributed by atoms with van der Waals surface area (Å²) in [5.41, 5.74) is 2.55. The lowest BCUT2D eigenvalue weighted by atomic mass is 10.1. The predicted octanol–water partition coefficient (Wildman–Crippen LogP) is 2.65. The molecular formula is C16H11NO2. The zero-order valence-corrected chi connectivity index (χ0v) is 10.1. The summed E-state index contributed by atoms with van der Waals surface area (Å²) < 4.78 is 0. The normalized spacial score (nSPS) is 15.2. The van der Waals surface area contributed by atoms with Gasteiger partial charge in [-0.1, -0.05) is 48.5 Å². The molecule has 2 aromatic rings. The molecule has 0 fully saturated rings. The maximum Gasteiger partial charge on any atom is 0.256 e. The molecule has 3 nitrogen and oxygen atoms in total. The average molecular weight is 249 g/mol. The van der Waals surface area contributed by atoms with Crippen molar-refractivity contribution in [2.75, 3.05) is 0 Å². The molecule has 0 atom stereocenters. The second-order valence-corrected chi connectivity index (χ2v) is 4.29. The van der Waals surface area contributed by atoms with Gasteiger partial charge < -0.3 is 5.32 Å². The van der Waals surface area contributed by atoms with Gasteiger partial charge in [-0.2, -0.15) is 0 Å². The lowest BCUT2D eigenvalue weighted by Gasteiger charge is -2.00. The largest absolute Gasteiger partial charge is 0.321 e. The van der Waals surface area contributed by atoms with Crippen LogP contribution < -0.4 is 5.32 Å². The smallest absolute Gasteiger partial charge is 0.256 e. The molecule has 1 heterocycles. The number of hydrogen-bond acceptors (Lipinski definition) is 2. The first-order chi connectivity index (χ1) is 9.25. The minimum atomic E-state index is -0.164. The lowest BCUT2D eigenvalue weighted by molar-refractivity contribution is 0.0981. The summed E-state index contributed by atoms with van der Waals surface area (Å²) in [6, 6.07) is 16.2. The van der Waals surface area contributed by atoms with E-state index >= 15 is 0 Å². The van der Waals surface area contributed by atoms with E-state index in [0.29, 0.717) is 16.8 Å². The van der Waals surface area contributed by atoms with E-state index in [2.05, 4.69) is 5.32 Å². The summed E-state index contributed by atoms with van der Waals surface area (Å²) in [5, 5.41) is 2.72. The molecule has 0 saturated carbocycles. The standard InChI is InChI=1S/C16H11NO2/c18-15(11-6-2-1-3-7-11)10-14-12-8-4-5-9-13(12)16(19)17-14/h1-10H,(H,17,19)/b14-10-. The maximum absolute atomic E-state index is 12.1. The minimum absolute atomic E-state index is 0.118. The fourth-order valence-electron chi connectivity index (χ4n) is 2.10. The molecule has 0 aromatic heterocycles. The Morgan fingerprint density at radius 2 is 1.53 bits per heavy atom. The van der Waals surface area contributed by atoms with Crippen molar-refractivity contribution >= 4 is 17.4 Å². The highest BCUT2D eigenvalue weighted by atomic mass is 16.2. The number of ketones is 1. The van der Waals surface area contributed by atoms with Gasteiger partial charge in [-0.15, -0.1) is 0 Å². The van der Waals surface area contributed by atoms with Gasteiger partial charge in [0.25, 0.3) is 5.91 Å². The summed E-state index contributed by atoms with van der Waals surface area (Å²) in [6.45, 7) is 0. The molecule has 0 saturated heterocycles. The SMILES string of the molecule is O=C(/C=C1\NC(=O)c2ccccc21)c1ccccc1. The third kappa shape index (κ3) is 2.06. The maximum atomic E-state index is 12.1. The van der Waals surface area contributed by atoms with Crippen molar-refractivity contribution < 1.29 is 9.59 Å². The van der Waals surface area contributed by atoms with Crippen LogP contribution in [0.3, 0.4) is 0 Å². The Hall–Kier alpha value is -2.68. The van der Waals surface area contributed by atoms with Crippen LogP contribution >= 0.6 is 0 Å². The van der Waals surface area contributed by atoms with Crippen molar-refractivity contribution in [1.82, 2.24) is 5.32 Å². The van der Waals surface area contributed by atoms with Gasteiger partial charge >= 0.3 is 0 Å². The van der Waals surface area contributed by atoms with Crippen LogP contribution in [0.1, 0.15) is 26.3 Å². The first-order valence-corrected chi connectivity index (χ1v) is 5.97. The fraction of sp³-hybridized carbons (Fsp3) is 0. The third-order valence-electron chi connectivity index (χ3n) is 3.04. The Balaban J connectivity index is 1.99. The second kappa shape index (κ2) is 4.53. The number of fused-ring (bicyclic) bond motifs is 1. The van der Waals surface area contributed by atoms with Crippen molar-refractivity contribution in [3.63, 3.8) is 0 Å². The second-order valence-electron chi connectivity index (χ2n) is 4.29. The van der Waals surface area contributed by atoms with Crippen LogP contribution in [0.15, 0.2) is 60.7 Å². The summed E-state index contributed by atoms with van der Waals surface area (Å²) in [5.74, 6) is -0.282. The number of hydrogen-bond donors (Lipinski definition) is 1. The lowest BCUT2D eigenvalue weighted by Crippen LogP contribution is -2.13. The molecule has 1 aliphatic rings. The molecule has 1 aliphatic heterocycles. The monoisotopic (exact) mass is 249 g/mol. The molecule has 0 bridgehead atoms. The molecule has 0 radical (unpaired) electrons. The van der Waals surface area contributed by atoms with Gasteiger partial charge in [-0.25, -0.2) is 0 Å². The minimum Gasteiger partial charge on any atom is -0.321 e. The number of carbonyl (C=O) groups excluding carboxylic acids is 2. The fourth-order valence-corrected chi connectivity index (χ4v) is 2.10. The van der Waals surface area contributed by atoms with Gasteiger partial charge in [0.2, 0.25) is 0 Å². The molecule has 1 amide bonds.